The molecule has 1 rings (SSSR count). The van der Waals surface area contributed by atoms with E-state index in [1.165, 1.54) is 13.1 Å². The minimum absolute atomic E-state index is 0.147. The van der Waals surface area contributed by atoms with Gasteiger partial charge in [0, 0.05) is 12.6 Å². The summed E-state index contributed by atoms with van der Waals surface area (Å²) in [5, 5.41) is 33.4. The van der Waals surface area contributed by atoms with Crippen LogP contribution in [0.3, 0.4) is 0 Å². The Bertz CT molecular complexity index is 500. The molecule has 0 heterocycles. The van der Waals surface area contributed by atoms with E-state index in [-0.39, 0.29) is 17.5 Å². The number of nitrogens with one attached hydrogen (secondary N) is 4. The monoisotopic (exact) mass is 252 g/mol. The quantitative estimate of drug-likeness (QED) is 0.193. The number of aromatic hydroxyl groups is 2. The third-order valence-corrected chi connectivity index (χ3v) is 2.45. The molecule has 0 spiro atoms. The maximum Gasteiger partial charge on any atom is 0.326 e. The highest BCUT2D eigenvalue weighted by Gasteiger charge is 2.14. The van der Waals surface area contributed by atoms with E-state index in [2.05, 4.69) is 16.0 Å². The summed E-state index contributed by atoms with van der Waals surface area (Å²) >= 11 is 0. The van der Waals surface area contributed by atoms with Gasteiger partial charge in [-0.3, -0.25) is 10.7 Å². The van der Waals surface area contributed by atoms with Crippen LogP contribution in [-0.2, 0) is 0 Å². The van der Waals surface area contributed by atoms with Crippen LogP contribution < -0.4 is 16.0 Å². The first-order valence-corrected chi connectivity index (χ1v) is 5.23. The van der Waals surface area contributed by atoms with Gasteiger partial charge in [-0.15, -0.1) is 0 Å². The van der Waals surface area contributed by atoms with Gasteiger partial charge in [0.05, 0.1) is 5.69 Å². The first-order chi connectivity index (χ1) is 8.36. The van der Waals surface area contributed by atoms with E-state index in [1.807, 2.05) is 0 Å². The van der Waals surface area contributed by atoms with Gasteiger partial charge in [-0.1, -0.05) is 0 Å². The van der Waals surface area contributed by atoms with Gasteiger partial charge >= 0.3 is 6.03 Å². The number of amides is 2. The summed E-state index contributed by atoms with van der Waals surface area (Å²) in [5.41, 5.74) is 1.36. The predicted molar refractivity (Wildman–Crippen MR) is 68.2 cm³/mol. The van der Waals surface area contributed by atoms with Crippen molar-refractivity contribution in [2.45, 2.75) is 13.8 Å². The molecule has 0 unspecified atom stereocenters. The number of anilines is 1. The summed E-state index contributed by atoms with van der Waals surface area (Å²) in [5.74, 6) is -0.663. The predicted octanol–water partition coefficient (Wildman–Crippen LogP) is 0.990. The van der Waals surface area contributed by atoms with E-state index in [1.54, 1.807) is 13.8 Å². The van der Waals surface area contributed by atoms with E-state index in [0.717, 1.165) is 0 Å². The minimum atomic E-state index is -0.606. The Morgan fingerprint density at radius 1 is 1.33 bits per heavy atom. The lowest BCUT2D eigenvalue weighted by atomic mass is 10.1. The number of phenolic OH excluding ortho intramolecular Hbond substituents is 2. The Morgan fingerprint density at radius 2 is 1.94 bits per heavy atom. The van der Waals surface area contributed by atoms with Crippen LogP contribution in [0.5, 0.6) is 11.5 Å². The molecule has 0 bridgehead atoms. The maximum absolute atomic E-state index is 11.5. The van der Waals surface area contributed by atoms with Crippen molar-refractivity contribution in [3.05, 3.63) is 17.2 Å². The molecule has 1 aromatic carbocycles. The Balaban J connectivity index is 2.95. The average Bonchev–Trinajstić information content (AvgIpc) is 2.31. The normalized spacial score (nSPS) is 9.72. The topological polar surface area (TPSA) is 117 Å². The molecule has 7 nitrogen and oxygen atoms in total. The summed E-state index contributed by atoms with van der Waals surface area (Å²) in [4.78, 5) is 11.5. The smallest absolute Gasteiger partial charge is 0.326 e. The lowest BCUT2D eigenvalue weighted by molar-refractivity contribution is 0.256. The van der Waals surface area contributed by atoms with Crippen molar-refractivity contribution >= 4 is 17.7 Å². The zero-order valence-corrected chi connectivity index (χ0v) is 10.4. The molecule has 98 valence electrons. The molecule has 18 heavy (non-hydrogen) atoms. The third kappa shape index (κ3) is 2.82. The molecule has 1 aromatic rings. The van der Waals surface area contributed by atoms with Crippen LogP contribution in [0.4, 0.5) is 10.5 Å². The molecule has 0 aromatic heterocycles. The molecular weight excluding hydrogens is 236 g/mol. The highest BCUT2D eigenvalue weighted by Crippen LogP contribution is 2.36. The van der Waals surface area contributed by atoms with Gasteiger partial charge in [0.25, 0.3) is 0 Å². The fourth-order valence-electron chi connectivity index (χ4n) is 1.47. The summed E-state index contributed by atoms with van der Waals surface area (Å²) in [6.45, 7) is 3.26. The maximum atomic E-state index is 11.5. The van der Waals surface area contributed by atoms with Gasteiger partial charge in [0.15, 0.2) is 17.5 Å². The molecule has 0 radical (unpaired) electrons. The van der Waals surface area contributed by atoms with Crippen molar-refractivity contribution in [3.63, 3.8) is 0 Å². The number of urea groups is 1. The largest absolute Gasteiger partial charge is 0.504 e. The molecule has 7 heteroatoms. The summed E-state index contributed by atoms with van der Waals surface area (Å²) in [6.07, 6.45) is 0. The highest BCUT2D eigenvalue weighted by atomic mass is 16.3. The third-order valence-electron chi connectivity index (χ3n) is 2.45. The number of hydrogen-bond donors (Lipinski definition) is 6. The van der Waals surface area contributed by atoms with Gasteiger partial charge in [0.1, 0.15) is 0 Å². The molecular formula is C11H16N4O3. The standard InChI is InChI=1S/C11H16N4O3/c1-5-4-7(16)9(17)6(2)8(5)14-11(18)15-10(12)13-3/h4,16-17H,1-3H3,(H4,12,13,14,15,18). The lowest BCUT2D eigenvalue weighted by Gasteiger charge is -2.14. The number of hydrogen-bond acceptors (Lipinski definition) is 4. The summed E-state index contributed by atoms with van der Waals surface area (Å²) in [7, 11) is 1.51. The van der Waals surface area contributed by atoms with Crippen molar-refractivity contribution in [1.29, 1.82) is 5.41 Å². The Hall–Kier alpha value is -2.44. The highest BCUT2D eigenvalue weighted by molar-refractivity contribution is 6.02. The number of guanidine groups is 1. The van der Waals surface area contributed by atoms with Crippen molar-refractivity contribution < 1.29 is 15.0 Å². The van der Waals surface area contributed by atoms with E-state index in [4.69, 9.17) is 5.41 Å². The molecule has 0 saturated heterocycles. The van der Waals surface area contributed by atoms with E-state index in [0.29, 0.717) is 16.8 Å². The van der Waals surface area contributed by atoms with Crippen LogP contribution in [0.1, 0.15) is 11.1 Å². The molecule has 0 atom stereocenters. The molecule has 2 amide bonds. The van der Waals surface area contributed by atoms with Crippen molar-refractivity contribution in [2.24, 2.45) is 0 Å². The van der Waals surface area contributed by atoms with Crippen LogP contribution in [-0.4, -0.2) is 29.3 Å². The number of carbonyl (C=O) groups is 1. The summed E-state index contributed by atoms with van der Waals surface area (Å²) in [6, 6.07) is 0.743. The van der Waals surface area contributed by atoms with E-state index in [9.17, 15) is 15.0 Å². The number of phenols is 2. The Morgan fingerprint density at radius 3 is 2.50 bits per heavy atom. The number of rotatable bonds is 1. The molecule has 0 aliphatic rings. The summed E-state index contributed by atoms with van der Waals surface area (Å²) < 4.78 is 0. The SMILES string of the molecule is CNC(=N)NC(=O)Nc1c(C)cc(O)c(O)c1C. The first kappa shape index (κ1) is 13.6. The van der Waals surface area contributed by atoms with Crippen molar-refractivity contribution in [3.8, 4) is 11.5 Å². The molecule has 0 aliphatic carbocycles. The van der Waals surface area contributed by atoms with E-state index >= 15 is 0 Å². The van der Waals surface area contributed by atoms with Crippen molar-refractivity contribution in [2.75, 3.05) is 12.4 Å². The molecule has 0 saturated carbocycles. The second kappa shape index (κ2) is 5.26. The Labute approximate surface area is 104 Å². The Kier molecular flexibility index (Phi) is 3.98. The van der Waals surface area contributed by atoms with Gasteiger partial charge in [-0.25, -0.2) is 4.79 Å². The second-order valence-electron chi connectivity index (χ2n) is 3.77. The van der Waals surface area contributed by atoms with Crippen LogP contribution in [0.25, 0.3) is 0 Å². The van der Waals surface area contributed by atoms with Crippen molar-refractivity contribution in [1.82, 2.24) is 10.6 Å². The fraction of sp³-hybridized carbons (Fsp3) is 0.273. The van der Waals surface area contributed by atoms with Gasteiger partial charge < -0.3 is 20.8 Å². The number of carbonyl (C=O) groups excluding carboxylic acids is 1. The fourth-order valence-corrected chi connectivity index (χ4v) is 1.47. The van der Waals surface area contributed by atoms with Gasteiger partial charge in [-0.2, -0.15) is 0 Å². The van der Waals surface area contributed by atoms with Gasteiger partial charge in [-0.05, 0) is 25.5 Å². The number of aryl methyl sites for hydroxylation is 1. The van der Waals surface area contributed by atoms with Crippen LogP contribution in [0, 0.1) is 19.3 Å². The first-order valence-electron chi connectivity index (χ1n) is 5.23. The molecule has 6 N–H and O–H groups in total. The molecule has 0 aliphatic heterocycles. The average molecular weight is 252 g/mol. The van der Waals surface area contributed by atoms with Gasteiger partial charge in [0.2, 0.25) is 0 Å². The van der Waals surface area contributed by atoms with Crippen LogP contribution in [0.15, 0.2) is 6.07 Å². The second-order valence-corrected chi connectivity index (χ2v) is 3.77. The van der Waals surface area contributed by atoms with Crippen LogP contribution >= 0.6 is 0 Å². The van der Waals surface area contributed by atoms with Crippen LogP contribution in [0.2, 0.25) is 0 Å². The number of benzene rings is 1. The minimum Gasteiger partial charge on any atom is -0.504 e. The molecule has 0 fully saturated rings. The zero-order chi connectivity index (χ0) is 13.9. The van der Waals surface area contributed by atoms with E-state index < -0.39 is 6.03 Å². The zero-order valence-electron chi connectivity index (χ0n) is 10.4. The lowest BCUT2D eigenvalue weighted by Crippen LogP contribution is -2.40.